The second-order valence-corrected chi connectivity index (χ2v) is 4.85. The molecular formula is C16H14FNO3. The van der Waals surface area contributed by atoms with E-state index in [1.807, 2.05) is 18.2 Å². The highest BCUT2D eigenvalue weighted by Gasteiger charge is 2.31. The average molecular weight is 287 g/mol. The summed E-state index contributed by atoms with van der Waals surface area (Å²) in [4.78, 5) is 12.2. The molecule has 1 unspecified atom stereocenters. The Hall–Kier alpha value is -2.56. The van der Waals surface area contributed by atoms with Crippen molar-refractivity contribution < 1.29 is 18.7 Å². The number of Topliss-reactive ketones (excluding diaryl/α,β-unsaturated/α-hetero) is 1. The third-order valence-electron chi connectivity index (χ3n) is 3.50. The zero-order valence-electron chi connectivity index (χ0n) is 11.4. The monoisotopic (exact) mass is 287 g/mol. The maximum absolute atomic E-state index is 13.4. The number of carbonyl (C=O) groups excluding carboxylic acids is 1. The van der Waals surface area contributed by atoms with Gasteiger partial charge in [-0.05, 0) is 12.1 Å². The van der Waals surface area contributed by atoms with Gasteiger partial charge in [0.15, 0.2) is 11.5 Å². The van der Waals surface area contributed by atoms with Crippen LogP contribution in [0, 0.1) is 5.82 Å². The van der Waals surface area contributed by atoms with Gasteiger partial charge in [-0.2, -0.15) is 0 Å². The first-order valence-corrected chi connectivity index (χ1v) is 6.52. The van der Waals surface area contributed by atoms with E-state index < -0.39 is 11.9 Å². The van der Waals surface area contributed by atoms with Gasteiger partial charge >= 0.3 is 0 Å². The number of rotatable bonds is 2. The smallest absolute Gasteiger partial charge is 0.170 e. The molecule has 21 heavy (non-hydrogen) atoms. The van der Waals surface area contributed by atoms with Crippen molar-refractivity contribution in [3.05, 3.63) is 53.3 Å². The highest BCUT2D eigenvalue weighted by atomic mass is 19.1. The zero-order chi connectivity index (χ0) is 15.0. The number of benzene rings is 2. The van der Waals surface area contributed by atoms with Crippen LogP contribution in [0.3, 0.4) is 0 Å². The van der Waals surface area contributed by atoms with Crippen LogP contribution in [0.5, 0.6) is 11.5 Å². The van der Waals surface area contributed by atoms with Crippen LogP contribution in [0.1, 0.15) is 28.4 Å². The molecule has 2 aromatic carbocycles. The minimum atomic E-state index is -0.543. The van der Waals surface area contributed by atoms with E-state index in [0.29, 0.717) is 5.75 Å². The van der Waals surface area contributed by atoms with Gasteiger partial charge < -0.3 is 15.2 Å². The third-order valence-corrected chi connectivity index (χ3v) is 3.50. The Bertz CT molecular complexity index is 715. The molecule has 3 rings (SSSR count). The standard InChI is InChI=1S/C16H14FNO3/c1-20-14-5-3-2-4-10(14)15-8-13(19)11-6-9(17)7-12(18)16(11)21-15/h2-7,15H,8,18H2,1H3. The molecule has 0 saturated heterocycles. The predicted molar refractivity (Wildman–Crippen MR) is 76.1 cm³/mol. The fraction of sp³-hybridized carbons (Fsp3) is 0.188. The maximum atomic E-state index is 13.4. The van der Waals surface area contributed by atoms with Crippen molar-refractivity contribution in [3.63, 3.8) is 0 Å². The van der Waals surface area contributed by atoms with Crippen molar-refractivity contribution in [2.45, 2.75) is 12.5 Å². The van der Waals surface area contributed by atoms with E-state index in [2.05, 4.69) is 0 Å². The summed E-state index contributed by atoms with van der Waals surface area (Å²) in [6.07, 6.45) is -0.370. The van der Waals surface area contributed by atoms with Gasteiger partial charge in [0.2, 0.25) is 0 Å². The van der Waals surface area contributed by atoms with Crippen molar-refractivity contribution >= 4 is 11.5 Å². The summed E-state index contributed by atoms with van der Waals surface area (Å²) in [6, 6.07) is 9.62. The van der Waals surface area contributed by atoms with Crippen LogP contribution in [0.2, 0.25) is 0 Å². The van der Waals surface area contributed by atoms with E-state index in [1.165, 1.54) is 0 Å². The number of anilines is 1. The second kappa shape index (κ2) is 5.09. The van der Waals surface area contributed by atoms with Crippen LogP contribution < -0.4 is 15.2 Å². The molecule has 0 saturated carbocycles. The SMILES string of the molecule is COc1ccccc1C1CC(=O)c2cc(F)cc(N)c2O1. The van der Waals surface area contributed by atoms with Gasteiger partial charge in [0.1, 0.15) is 17.7 Å². The van der Waals surface area contributed by atoms with Gasteiger partial charge in [0.25, 0.3) is 0 Å². The van der Waals surface area contributed by atoms with E-state index >= 15 is 0 Å². The molecule has 1 aliphatic heterocycles. The number of halogens is 1. The number of fused-ring (bicyclic) bond motifs is 1. The van der Waals surface area contributed by atoms with Gasteiger partial charge in [0.05, 0.1) is 24.8 Å². The average Bonchev–Trinajstić information content (AvgIpc) is 2.48. The lowest BCUT2D eigenvalue weighted by Crippen LogP contribution is -2.22. The minimum Gasteiger partial charge on any atom is -0.496 e. The Morgan fingerprint density at radius 3 is 2.86 bits per heavy atom. The van der Waals surface area contributed by atoms with Crippen LogP contribution in [-0.4, -0.2) is 12.9 Å². The molecule has 0 aliphatic carbocycles. The molecule has 1 heterocycles. The van der Waals surface area contributed by atoms with Gasteiger partial charge in [0, 0.05) is 11.6 Å². The lowest BCUT2D eigenvalue weighted by Gasteiger charge is -2.27. The van der Waals surface area contributed by atoms with Gasteiger partial charge in [-0.3, -0.25) is 4.79 Å². The van der Waals surface area contributed by atoms with Crippen molar-refractivity contribution in [2.24, 2.45) is 0 Å². The molecule has 0 fully saturated rings. The Morgan fingerprint density at radius 1 is 1.33 bits per heavy atom. The molecule has 2 aromatic rings. The lowest BCUT2D eigenvalue weighted by molar-refractivity contribution is 0.0847. The summed E-state index contributed by atoms with van der Waals surface area (Å²) < 4.78 is 24.5. The Labute approximate surface area is 121 Å². The number of nitrogen functional groups attached to an aromatic ring is 1. The first-order valence-electron chi connectivity index (χ1n) is 6.52. The zero-order valence-corrected chi connectivity index (χ0v) is 11.4. The minimum absolute atomic E-state index is 0.121. The fourth-order valence-electron chi connectivity index (χ4n) is 2.52. The number of methoxy groups -OCH3 is 1. The molecule has 0 spiro atoms. The predicted octanol–water partition coefficient (Wildman–Crippen LogP) is 3.12. The fourth-order valence-corrected chi connectivity index (χ4v) is 2.52. The molecule has 0 bridgehead atoms. The Morgan fingerprint density at radius 2 is 2.10 bits per heavy atom. The van der Waals surface area contributed by atoms with Crippen molar-refractivity contribution in [1.82, 2.24) is 0 Å². The highest BCUT2D eigenvalue weighted by Crippen LogP contribution is 2.41. The molecular weight excluding hydrogens is 273 g/mol. The summed E-state index contributed by atoms with van der Waals surface area (Å²) in [5.74, 6) is 0.139. The largest absolute Gasteiger partial charge is 0.496 e. The third kappa shape index (κ3) is 2.31. The maximum Gasteiger partial charge on any atom is 0.170 e. The Kier molecular flexibility index (Phi) is 3.25. The van der Waals surface area contributed by atoms with Crippen LogP contribution in [-0.2, 0) is 0 Å². The summed E-state index contributed by atoms with van der Waals surface area (Å²) >= 11 is 0. The summed E-state index contributed by atoms with van der Waals surface area (Å²) in [7, 11) is 1.56. The van der Waals surface area contributed by atoms with E-state index in [1.54, 1.807) is 13.2 Å². The number of ketones is 1. The molecule has 2 N–H and O–H groups in total. The number of ether oxygens (including phenoxy) is 2. The molecule has 1 atom stereocenters. The number of hydrogen-bond donors (Lipinski definition) is 1. The van der Waals surface area contributed by atoms with E-state index in [0.717, 1.165) is 17.7 Å². The van der Waals surface area contributed by atoms with Crippen molar-refractivity contribution in [2.75, 3.05) is 12.8 Å². The van der Waals surface area contributed by atoms with Crippen LogP contribution in [0.15, 0.2) is 36.4 Å². The molecule has 108 valence electrons. The summed E-state index contributed by atoms with van der Waals surface area (Å²) in [5, 5.41) is 0. The summed E-state index contributed by atoms with van der Waals surface area (Å²) in [6.45, 7) is 0. The first-order chi connectivity index (χ1) is 10.1. The number of carbonyl (C=O) groups is 1. The molecule has 0 amide bonds. The molecule has 1 aliphatic rings. The van der Waals surface area contributed by atoms with E-state index in [4.69, 9.17) is 15.2 Å². The lowest BCUT2D eigenvalue weighted by atomic mass is 9.95. The number of hydrogen-bond acceptors (Lipinski definition) is 4. The highest BCUT2D eigenvalue weighted by molar-refractivity contribution is 6.01. The van der Waals surface area contributed by atoms with Gasteiger partial charge in [-0.15, -0.1) is 0 Å². The quantitative estimate of drug-likeness (QED) is 0.862. The Balaban J connectivity index is 2.04. The first kappa shape index (κ1) is 13.4. The number of nitrogens with two attached hydrogens (primary N) is 1. The van der Waals surface area contributed by atoms with Crippen molar-refractivity contribution in [1.29, 1.82) is 0 Å². The van der Waals surface area contributed by atoms with E-state index in [-0.39, 0.29) is 29.2 Å². The molecule has 4 nitrogen and oxygen atoms in total. The van der Waals surface area contributed by atoms with Crippen molar-refractivity contribution in [3.8, 4) is 11.5 Å². The van der Waals surface area contributed by atoms with Gasteiger partial charge in [-0.1, -0.05) is 18.2 Å². The van der Waals surface area contributed by atoms with Gasteiger partial charge in [-0.25, -0.2) is 4.39 Å². The normalized spacial score (nSPS) is 17.0. The van der Waals surface area contributed by atoms with E-state index in [9.17, 15) is 9.18 Å². The van der Waals surface area contributed by atoms with Crippen LogP contribution >= 0.6 is 0 Å². The molecule has 0 aromatic heterocycles. The van der Waals surface area contributed by atoms with Crippen LogP contribution in [0.25, 0.3) is 0 Å². The topological polar surface area (TPSA) is 61.5 Å². The number of para-hydroxylation sites is 1. The summed E-state index contributed by atoms with van der Waals surface area (Å²) in [5.41, 5.74) is 6.85. The molecule has 5 heteroatoms. The second-order valence-electron chi connectivity index (χ2n) is 4.85. The van der Waals surface area contributed by atoms with Crippen LogP contribution in [0.4, 0.5) is 10.1 Å². The molecule has 0 radical (unpaired) electrons.